The average Bonchev–Trinajstić information content (AvgIpc) is 2.42. The number of ether oxygens (including phenoxy) is 1. The predicted molar refractivity (Wildman–Crippen MR) is 82.0 cm³/mol. The summed E-state index contributed by atoms with van der Waals surface area (Å²) in [5.41, 5.74) is 6.63. The van der Waals surface area contributed by atoms with E-state index in [9.17, 15) is 8.78 Å². The Balaban J connectivity index is 0.00000220. The SMILES string of the molecule is CC1CCN(Cc2ccccc2OC(F)F)C(CN)C1.Cl. The predicted octanol–water partition coefficient (Wildman–Crippen LogP) is 3.27. The van der Waals surface area contributed by atoms with E-state index in [1.807, 2.05) is 12.1 Å². The van der Waals surface area contributed by atoms with Crippen molar-refractivity contribution in [2.24, 2.45) is 11.7 Å². The highest BCUT2D eigenvalue weighted by Crippen LogP contribution is 2.27. The van der Waals surface area contributed by atoms with Crippen molar-refractivity contribution < 1.29 is 13.5 Å². The topological polar surface area (TPSA) is 38.5 Å². The van der Waals surface area contributed by atoms with E-state index in [-0.39, 0.29) is 18.2 Å². The van der Waals surface area contributed by atoms with Crippen LogP contribution in [0.1, 0.15) is 25.3 Å². The molecule has 0 saturated carbocycles. The lowest BCUT2D eigenvalue weighted by Gasteiger charge is -2.38. The number of hydrogen-bond donors (Lipinski definition) is 1. The number of nitrogens with two attached hydrogens (primary N) is 1. The van der Waals surface area contributed by atoms with Gasteiger partial charge in [-0.2, -0.15) is 8.78 Å². The lowest BCUT2D eigenvalue weighted by atomic mass is 9.92. The molecule has 1 aromatic carbocycles. The molecule has 2 rings (SSSR count). The zero-order valence-corrected chi connectivity index (χ0v) is 13.0. The van der Waals surface area contributed by atoms with Gasteiger partial charge in [0.05, 0.1) is 0 Å². The van der Waals surface area contributed by atoms with Gasteiger partial charge < -0.3 is 10.5 Å². The number of piperidine rings is 1. The third kappa shape index (κ3) is 5.09. The quantitative estimate of drug-likeness (QED) is 0.905. The summed E-state index contributed by atoms with van der Waals surface area (Å²) in [4.78, 5) is 2.27. The van der Waals surface area contributed by atoms with Crippen LogP contribution < -0.4 is 10.5 Å². The number of rotatable bonds is 5. The molecule has 2 unspecified atom stereocenters. The maximum atomic E-state index is 12.4. The molecule has 0 aromatic heterocycles. The first-order chi connectivity index (χ1) is 9.60. The minimum absolute atomic E-state index is 0. The first kappa shape index (κ1) is 18.1. The molecule has 0 bridgehead atoms. The van der Waals surface area contributed by atoms with Crippen LogP contribution in [-0.4, -0.2) is 30.6 Å². The number of para-hydroxylation sites is 1. The van der Waals surface area contributed by atoms with E-state index >= 15 is 0 Å². The first-order valence-corrected chi connectivity index (χ1v) is 7.07. The van der Waals surface area contributed by atoms with Crippen LogP contribution in [0.4, 0.5) is 8.78 Å². The van der Waals surface area contributed by atoms with Gasteiger partial charge in [-0.15, -0.1) is 12.4 Å². The summed E-state index contributed by atoms with van der Waals surface area (Å²) in [6.07, 6.45) is 2.18. The molecule has 6 heteroatoms. The van der Waals surface area contributed by atoms with Crippen LogP contribution in [0.3, 0.4) is 0 Å². The molecule has 0 amide bonds. The molecule has 120 valence electrons. The summed E-state index contributed by atoms with van der Waals surface area (Å²) < 4.78 is 29.4. The molecule has 2 N–H and O–H groups in total. The van der Waals surface area contributed by atoms with Crippen molar-refractivity contribution in [2.45, 2.75) is 39.0 Å². The smallest absolute Gasteiger partial charge is 0.387 e. The standard InChI is InChI=1S/C15H22F2N2O.ClH/c1-11-6-7-19(13(8-11)9-18)10-12-4-2-3-5-14(12)20-15(16)17;/h2-5,11,13,15H,6-10,18H2,1H3;1H. The molecule has 1 aliphatic heterocycles. The second kappa shape index (κ2) is 8.51. The summed E-state index contributed by atoms with van der Waals surface area (Å²) in [5.74, 6) is 0.934. The Kier molecular flexibility index (Phi) is 7.35. The van der Waals surface area contributed by atoms with Crippen LogP contribution in [0.5, 0.6) is 5.75 Å². The summed E-state index contributed by atoms with van der Waals surface area (Å²) in [6.45, 7) is 1.60. The number of halogens is 3. The van der Waals surface area contributed by atoms with Crippen molar-refractivity contribution in [1.29, 1.82) is 0 Å². The third-order valence-electron chi connectivity index (χ3n) is 3.93. The number of likely N-dealkylation sites (tertiary alicyclic amines) is 1. The van der Waals surface area contributed by atoms with Gasteiger partial charge in [0.2, 0.25) is 0 Å². The Morgan fingerprint density at radius 1 is 1.38 bits per heavy atom. The van der Waals surface area contributed by atoms with E-state index in [4.69, 9.17) is 5.73 Å². The molecule has 1 saturated heterocycles. The fourth-order valence-corrected chi connectivity index (χ4v) is 2.82. The molecule has 3 nitrogen and oxygen atoms in total. The lowest BCUT2D eigenvalue weighted by Crippen LogP contribution is -2.45. The van der Waals surface area contributed by atoms with E-state index in [1.165, 1.54) is 0 Å². The highest BCUT2D eigenvalue weighted by molar-refractivity contribution is 5.85. The van der Waals surface area contributed by atoms with Gasteiger partial charge in [0, 0.05) is 24.7 Å². The minimum Gasteiger partial charge on any atom is -0.434 e. The van der Waals surface area contributed by atoms with Gasteiger partial charge in [-0.1, -0.05) is 25.1 Å². The fraction of sp³-hybridized carbons (Fsp3) is 0.600. The lowest BCUT2D eigenvalue weighted by molar-refractivity contribution is -0.0509. The van der Waals surface area contributed by atoms with Gasteiger partial charge in [0.15, 0.2) is 0 Å². The van der Waals surface area contributed by atoms with Crippen LogP contribution in [0.15, 0.2) is 24.3 Å². The number of hydrogen-bond acceptors (Lipinski definition) is 3. The molecule has 1 aliphatic rings. The van der Waals surface area contributed by atoms with Crippen molar-refractivity contribution in [3.8, 4) is 5.75 Å². The number of nitrogens with zero attached hydrogens (tertiary/aromatic N) is 1. The van der Waals surface area contributed by atoms with Crippen molar-refractivity contribution >= 4 is 12.4 Å². The van der Waals surface area contributed by atoms with Crippen molar-refractivity contribution in [1.82, 2.24) is 4.90 Å². The molecule has 0 spiro atoms. The van der Waals surface area contributed by atoms with Gasteiger partial charge in [-0.05, 0) is 31.4 Å². The molecule has 1 aromatic rings. The number of alkyl halides is 2. The monoisotopic (exact) mass is 320 g/mol. The summed E-state index contributed by atoms with van der Waals surface area (Å²) >= 11 is 0. The van der Waals surface area contributed by atoms with E-state index in [0.717, 1.165) is 24.9 Å². The van der Waals surface area contributed by atoms with Crippen LogP contribution in [0.25, 0.3) is 0 Å². The molecular formula is C15H23ClF2N2O. The number of benzene rings is 1. The van der Waals surface area contributed by atoms with Crippen LogP contribution >= 0.6 is 12.4 Å². The van der Waals surface area contributed by atoms with E-state index in [2.05, 4.69) is 16.6 Å². The van der Waals surface area contributed by atoms with Crippen LogP contribution in [0, 0.1) is 5.92 Å². The average molecular weight is 321 g/mol. The van der Waals surface area contributed by atoms with Crippen LogP contribution in [-0.2, 0) is 6.54 Å². The van der Waals surface area contributed by atoms with Gasteiger partial charge >= 0.3 is 6.61 Å². The second-order valence-electron chi connectivity index (χ2n) is 5.48. The minimum atomic E-state index is -2.79. The summed E-state index contributed by atoms with van der Waals surface area (Å²) in [6, 6.07) is 7.30. The molecular weight excluding hydrogens is 298 g/mol. The molecule has 1 fully saturated rings. The van der Waals surface area contributed by atoms with Gasteiger partial charge in [-0.25, -0.2) is 0 Å². The Labute approximate surface area is 130 Å². The molecule has 2 atom stereocenters. The zero-order valence-electron chi connectivity index (χ0n) is 12.2. The molecule has 21 heavy (non-hydrogen) atoms. The Morgan fingerprint density at radius 3 is 2.76 bits per heavy atom. The maximum absolute atomic E-state index is 12.4. The zero-order chi connectivity index (χ0) is 14.5. The van der Waals surface area contributed by atoms with E-state index < -0.39 is 6.61 Å². The maximum Gasteiger partial charge on any atom is 0.387 e. The highest BCUT2D eigenvalue weighted by Gasteiger charge is 2.26. The van der Waals surface area contributed by atoms with E-state index in [1.54, 1.807) is 12.1 Å². The summed E-state index contributed by atoms with van der Waals surface area (Å²) in [7, 11) is 0. The fourth-order valence-electron chi connectivity index (χ4n) is 2.82. The Bertz CT molecular complexity index is 434. The summed E-state index contributed by atoms with van der Waals surface area (Å²) in [5, 5.41) is 0. The largest absolute Gasteiger partial charge is 0.434 e. The van der Waals surface area contributed by atoms with Gasteiger partial charge in [-0.3, -0.25) is 4.90 Å². The second-order valence-corrected chi connectivity index (χ2v) is 5.48. The third-order valence-corrected chi connectivity index (χ3v) is 3.93. The highest BCUT2D eigenvalue weighted by atomic mass is 35.5. The Hall–Kier alpha value is -0.910. The van der Waals surface area contributed by atoms with Crippen molar-refractivity contribution in [3.05, 3.63) is 29.8 Å². The molecule has 0 radical (unpaired) electrons. The Morgan fingerprint density at radius 2 is 2.10 bits per heavy atom. The van der Waals surface area contributed by atoms with Gasteiger partial charge in [0.25, 0.3) is 0 Å². The van der Waals surface area contributed by atoms with Crippen molar-refractivity contribution in [2.75, 3.05) is 13.1 Å². The van der Waals surface area contributed by atoms with Gasteiger partial charge in [0.1, 0.15) is 5.75 Å². The van der Waals surface area contributed by atoms with E-state index in [0.29, 0.717) is 25.0 Å². The first-order valence-electron chi connectivity index (χ1n) is 7.07. The van der Waals surface area contributed by atoms with Crippen LogP contribution in [0.2, 0.25) is 0 Å². The van der Waals surface area contributed by atoms with Crippen molar-refractivity contribution in [3.63, 3.8) is 0 Å². The normalized spacial score (nSPS) is 22.9. The molecule has 1 heterocycles. The molecule has 0 aliphatic carbocycles.